The third-order valence-corrected chi connectivity index (χ3v) is 9.31. The van der Waals surface area contributed by atoms with Gasteiger partial charge in [-0.2, -0.15) is 0 Å². The number of hydrogen-bond donors (Lipinski definition) is 0. The second kappa shape index (κ2) is 7.17. The van der Waals surface area contributed by atoms with Crippen molar-refractivity contribution in [2.24, 2.45) is 0 Å². The predicted molar refractivity (Wildman–Crippen MR) is 105 cm³/mol. The molecule has 2 aromatic rings. The second-order valence-electron chi connectivity index (χ2n) is 6.57. The summed E-state index contributed by atoms with van der Waals surface area (Å²) in [6, 6.07) is 20.4. The van der Waals surface area contributed by atoms with E-state index in [2.05, 4.69) is 76.9 Å². The fourth-order valence-corrected chi connectivity index (χ4v) is 8.17. The summed E-state index contributed by atoms with van der Waals surface area (Å²) in [5.74, 6) is 0. The first-order valence-electron chi connectivity index (χ1n) is 7.48. The lowest BCUT2D eigenvalue weighted by atomic mass is 10.2. The maximum absolute atomic E-state index is 14.1. The summed E-state index contributed by atoms with van der Waals surface area (Å²) in [5, 5.41) is 2.13. The molecule has 0 N–H and O–H groups in total. The molecule has 5 heteroatoms. The predicted octanol–water partition coefficient (Wildman–Crippen LogP) is 4.98. The van der Waals surface area contributed by atoms with Crippen molar-refractivity contribution in [1.82, 2.24) is 0 Å². The minimum Gasteiger partial charge on any atom is -0.402 e. The zero-order valence-corrected chi connectivity index (χ0v) is 17.7. The van der Waals surface area contributed by atoms with E-state index in [0.29, 0.717) is 0 Å². The highest BCUT2D eigenvalue weighted by molar-refractivity contribution is 9.25. The van der Waals surface area contributed by atoms with E-state index < -0.39 is 11.8 Å². The molecule has 0 spiro atoms. The summed E-state index contributed by atoms with van der Waals surface area (Å²) < 4.78 is 18.7. The highest BCUT2D eigenvalue weighted by Crippen LogP contribution is 2.39. The van der Waals surface area contributed by atoms with Gasteiger partial charge in [-0.15, -0.1) is 0 Å². The highest BCUT2D eigenvalue weighted by atomic mass is 79.9. The van der Waals surface area contributed by atoms with Gasteiger partial charge in [-0.05, 0) is 47.3 Å². The molecule has 1 nitrogen and oxygen atoms in total. The summed E-state index contributed by atoms with van der Waals surface area (Å²) in [7, 11) is -2.66. The van der Waals surface area contributed by atoms with Gasteiger partial charge in [-0.1, -0.05) is 81.4 Å². The first kappa shape index (κ1) is 18.8. The van der Waals surface area contributed by atoms with Crippen LogP contribution < -0.4 is 10.4 Å². The van der Waals surface area contributed by atoms with E-state index >= 15 is 0 Å². The molecule has 0 aromatic heterocycles. The van der Waals surface area contributed by atoms with Crippen LogP contribution in [-0.2, 0) is 4.43 Å². The summed E-state index contributed by atoms with van der Waals surface area (Å²) in [6.45, 7) is 6.44. The normalized spacial score (nSPS) is 13.1. The second-order valence-corrected chi connectivity index (χ2v) is 14.5. The van der Waals surface area contributed by atoms with Crippen LogP contribution in [0.1, 0.15) is 20.8 Å². The van der Waals surface area contributed by atoms with Crippen LogP contribution in [-0.4, -0.2) is 18.4 Å². The van der Waals surface area contributed by atoms with Gasteiger partial charge < -0.3 is 4.43 Å². The summed E-state index contributed by atoms with van der Waals surface area (Å²) in [5.41, 5.74) is 0. The molecule has 0 aliphatic heterocycles. The fraction of sp³-hybridized carbons (Fsp3) is 0.333. The Kier molecular flexibility index (Phi) is 5.88. The summed E-state index contributed by atoms with van der Waals surface area (Å²) in [6.07, 6.45) is 0. The van der Waals surface area contributed by atoms with Crippen LogP contribution in [0, 0.1) is 0 Å². The number of halogens is 3. The zero-order valence-electron chi connectivity index (χ0n) is 13.5. The molecule has 0 aliphatic carbocycles. The summed E-state index contributed by atoms with van der Waals surface area (Å²) in [4.78, 5) is 0. The Hall–Kier alpha value is -0.493. The Morgan fingerprint density at radius 2 is 1.26 bits per heavy atom. The van der Waals surface area contributed by atoms with Gasteiger partial charge in [0, 0.05) is 0 Å². The third kappa shape index (κ3) is 4.32. The van der Waals surface area contributed by atoms with E-state index in [0.717, 1.165) is 10.4 Å². The smallest absolute Gasteiger partial charge is 0.261 e. The van der Waals surface area contributed by atoms with Crippen molar-refractivity contribution in [3.63, 3.8) is 0 Å². The van der Waals surface area contributed by atoms with E-state index in [-0.39, 0.29) is 11.6 Å². The Morgan fingerprint density at radius 3 is 1.57 bits per heavy atom. The molecule has 0 amide bonds. The minimum absolute atomic E-state index is 0.0692. The molecule has 0 radical (unpaired) electrons. The number of benzene rings is 2. The molecule has 2 rings (SSSR count). The van der Waals surface area contributed by atoms with Crippen molar-refractivity contribution < 1.29 is 8.82 Å². The first-order valence-corrected chi connectivity index (χ1v) is 11.0. The Labute approximate surface area is 155 Å². The van der Waals surface area contributed by atoms with E-state index in [4.69, 9.17) is 4.43 Å². The van der Waals surface area contributed by atoms with Crippen LogP contribution >= 0.6 is 31.9 Å². The van der Waals surface area contributed by atoms with Crippen LogP contribution in [0.4, 0.5) is 4.39 Å². The lowest BCUT2D eigenvalue weighted by Crippen LogP contribution is -2.67. The molecule has 0 unspecified atom stereocenters. The van der Waals surface area contributed by atoms with Crippen LogP contribution in [0.2, 0.25) is 5.04 Å². The van der Waals surface area contributed by atoms with Crippen molar-refractivity contribution in [3.8, 4) is 0 Å². The zero-order chi connectivity index (χ0) is 17.1. The average Bonchev–Trinajstić information content (AvgIpc) is 2.47. The van der Waals surface area contributed by atoms with Gasteiger partial charge >= 0.3 is 0 Å². The maximum atomic E-state index is 14.1. The standard InChI is InChI=1S/C18H21Br2FOSi/c1-17(2,3)23(22-14-18(19,20)21,15-10-6-4-7-11-15)16-12-8-5-9-13-16/h4-13H,14H2,1-3H3. The van der Waals surface area contributed by atoms with Gasteiger partial charge in [0.25, 0.3) is 8.32 Å². The topological polar surface area (TPSA) is 9.23 Å². The van der Waals surface area contributed by atoms with Gasteiger partial charge in [0.05, 0.1) is 6.61 Å². The molecule has 0 heterocycles. The van der Waals surface area contributed by atoms with E-state index in [9.17, 15) is 4.39 Å². The Morgan fingerprint density at radius 1 is 0.870 bits per heavy atom. The SMILES string of the molecule is CC(C)(C)[Si](OCC(F)(Br)Br)(c1ccccc1)c1ccccc1. The van der Waals surface area contributed by atoms with E-state index in [1.54, 1.807) is 0 Å². The van der Waals surface area contributed by atoms with Crippen LogP contribution in [0.3, 0.4) is 0 Å². The maximum Gasteiger partial charge on any atom is 0.261 e. The summed E-state index contributed by atoms with van der Waals surface area (Å²) >= 11 is 5.98. The molecule has 0 saturated carbocycles. The lowest BCUT2D eigenvalue weighted by molar-refractivity contribution is 0.230. The first-order chi connectivity index (χ1) is 10.7. The minimum atomic E-state index is -2.66. The van der Waals surface area contributed by atoms with E-state index in [1.807, 2.05) is 36.4 Å². The molecule has 0 bridgehead atoms. The van der Waals surface area contributed by atoms with Gasteiger partial charge in [0.15, 0.2) is 0 Å². The molecule has 2 aromatic carbocycles. The van der Waals surface area contributed by atoms with Gasteiger partial charge in [-0.25, -0.2) is 4.39 Å². The van der Waals surface area contributed by atoms with Gasteiger partial charge in [0.2, 0.25) is 3.49 Å². The van der Waals surface area contributed by atoms with Gasteiger partial charge in [-0.3, -0.25) is 0 Å². The average molecular weight is 460 g/mol. The third-order valence-electron chi connectivity index (χ3n) is 3.87. The molecule has 23 heavy (non-hydrogen) atoms. The monoisotopic (exact) mass is 458 g/mol. The van der Waals surface area contributed by atoms with Crippen molar-refractivity contribution in [2.75, 3.05) is 6.61 Å². The number of hydrogen-bond acceptors (Lipinski definition) is 1. The van der Waals surface area contributed by atoms with Crippen molar-refractivity contribution in [2.45, 2.75) is 29.3 Å². The molecular formula is C18H21Br2FOSi. The van der Waals surface area contributed by atoms with Gasteiger partial charge in [0.1, 0.15) is 0 Å². The molecule has 0 aliphatic rings. The van der Waals surface area contributed by atoms with Crippen LogP contribution in [0.5, 0.6) is 0 Å². The van der Waals surface area contributed by atoms with Crippen LogP contribution in [0.15, 0.2) is 60.7 Å². The fourth-order valence-electron chi connectivity index (χ4n) is 2.95. The van der Waals surface area contributed by atoms with Crippen molar-refractivity contribution in [3.05, 3.63) is 60.7 Å². The molecule has 0 atom stereocenters. The van der Waals surface area contributed by atoms with E-state index in [1.165, 1.54) is 0 Å². The molecule has 0 fully saturated rings. The lowest BCUT2D eigenvalue weighted by Gasteiger charge is -2.43. The Balaban J connectivity index is 2.65. The van der Waals surface area contributed by atoms with Crippen molar-refractivity contribution >= 4 is 50.6 Å². The largest absolute Gasteiger partial charge is 0.402 e. The van der Waals surface area contributed by atoms with Crippen molar-refractivity contribution in [1.29, 1.82) is 0 Å². The number of alkyl halides is 3. The molecular weight excluding hydrogens is 439 g/mol. The van der Waals surface area contributed by atoms with Crippen LogP contribution in [0.25, 0.3) is 0 Å². The molecule has 0 saturated heterocycles. The number of rotatable bonds is 5. The Bertz CT molecular complexity index is 581. The molecule has 124 valence electrons. The highest BCUT2D eigenvalue weighted by Gasteiger charge is 2.51. The quantitative estimate of drug-likeness (QED) is 0.452.